The van der Waals surface area contributed by atoms with Gasteiger partial charge in [0.05, 0.1) is 13.5 Å². The first-order valence-electron chi connectivity index (χ1n) is 8.78. The van der Waals surface area contributed by atoms with Gasteiger partial charge in [-0.3, -0.25) is 4.57 Å². The highest BCUT2D eigenvalue weighted by molar-refractivity contribution is 5.78. The number of aliphatic hydroxyl groups excluding tert-OH is 2. The minimum Gasteiger partial charge on any atom is -0.479 e. The maximum absolute atomic E-state index is 14.4. The van der Waals surface area contributed by atoms with E-state index in [-0.39, 0.29) is 0 Å². The van der Waals surface area contributed by atoms with Crippen LogP contribution in [0.2, 0.25) is 0 Å². The first-order chi connectivity index (χ1) is 14.7. The highest BCUT2D eigenvalue weighted by Crippen LogP contribution is 2.38. The summed E-state index contributed by atoms with van der Waals surface area (Å²) in [6.07, 6.45) is -24.9. The van der Waals surface area contributed by atoms with Crippen molar-refractivity contribution < 1.29 is 50.4 Å². The molecule has 0 aliphatic carbocycles. The third-order valence-electron chi connectivity index (χ3n) is 4.73. The molecule has 1 fully saturated rings. The molecule has 0 amide bonds. The van der Waals surface area contributed by atoms with E-state index < -0.39 is 84.7 Å². The fourth-order valence-electron chi connectivity index (χ4n) is 3.29. The predicted octanol–water partition coefficient (Wildman–Crippen LogP) is 0.656. The number of hydrogen-bond acceptors (Lipinski definition) is 8. The third-order valence-corrected chi connectivity index (χ3v) is 4.73. The zero-order valence-electron chi connectivity index (χ0n) is 15.9. The van der Waals surface area contributed by atoms with Gasteiger partial charge in [0.25, 0.3) is 0 Å². The number of alkyl halides is 7. The maximum Gasteiger partial charge on any atom is 0.417 e. The molecule has 0 saturated carbocycles. The fraction of sp³-hybridized carbons (Fsp3) is 0.667. The molecule has 17 heteroatoms. The van der Waals surface area contributed by atoms with Crippen LogP contribution >= 0.6 is 0 Å². The van der Waals surface area contributed by atoms with Crippen molar-refractivity contribution in [2.24, 2.45) is 0 Å². The number of ether oxygens (including phenoxy) is 2. The van der Waals surface area contributed by atoms with Gasteiger partial charge in [-0.05, 0) is 0 Å². The molecule has 3 rings (SSSR count). The SMILES string of the molecule is COc1nc(N)nc2c1n(CCC(F)(F)F)c(=O)n2[C@@H]1O[C@H](C(O)C(F)(F)F)[C@H](F)[C@H]1O. The van der Waals surface area contributed by atoms with Crippen LogP contribution in [0.4, 0.5) is 36.7 Å². The van der Waals surface area contributed by atoms with E-state index >= 15 is 0 Å². The Hall–Kier alpha value is -2.66. The van der Waals surface area contributed by atoms with E-state index in [2.05, 4.69) is 9.97 Å². The van der Waals surface area contributed by atoms with E-state index in [4.69, 9.17) is 15.2 Å². The second-order valence-corrected chi connectivity index (χ2v) is 6.85. The standard InChI is InChI=1S/C15H16F7N5O5/c1-31-10-5-9(24-12(23)25-10)27(13(30)26(5)3-2-14(17,18)19)11-6(28)4(16)7(32-11)8(29)15(20,21)22/h4,6-8,11,28-29H,2-3H2,1H3,(H2,23,24,25)/t4-,6-,7+,8?,11-/m1/s1. The second-order valence-electron chi connectivity index (χ2n) is 6.85. The van der Waals surface area contributed by atoms with Gasteiger partial charge in [0.2, 0.25) is 11.8 Å². The van der Waals surface area contributed by atoms with Crippen molar-refractivity contribution in [1.29, 1.82) is 0 Å². The number of aromatic nitrogens is 4. The summed E-state index contributed by atoms with van der Waals surface area (Å²) in [5, 5.41) is 19.5. The maximum atomic E-state index is 14.4. The number of nitrogens with two attached hydrogens (primary N) is 1. The molecular weight excluding hydrogens is 463 g/mol. The molecule has 3 heterocycles. The molecule has 0 spiro atoms. The average molecular weight is 479 g/mol. The number of anilines is 1. The van der Waals surface area contributed by atoms with Crippen molar-refractivity contribution in [2.45, 2.75) is 56.0 Å². The van der Waals surface area contributed by atoms with Crippen molar-refractivity contribution in [3.05, 3.63) is 10.5 Å². The Bertz CT molecular complexity index is 1050. The van der Waals surface area contributed by atoms with Crippen LogP contribution in [0.5, 0.6) is 5.88 Å². The first-order valence-corrected chi connectivity index (χ1v) is 8.78. The van der Waals surface area contributed by atoms with E-state index in [9.17, 15) is 45.7 Å². The van der Waals surface area contributed by atoms with Crippen molar-refractivity contribution in [1.82, 2.24) is 19.1 Å². The summed E-state index contributed by atoms with van der Waals surface area (Å²) < 4.78 is 102. The number of hydrogen-bond donors (Lipinski definition) is 3. The van der Waals surface area contributed by atoms with E-state index in [0.29, 0.717) is 9.13 Å². The Morgan fingerprint density at radius 2 is 1.88 bits per heavy atom. The van der Waals surface area contributed by atoms with E-state index in [1.807, 2.05) is 0 Å². The lowest BCUT2D eigenvalue weighted by atomic mass is 10.1. The Balaban J connectivity index is 2.17. The van der Waals surface area contributed by atoms with Crippen LogP contribution in [-0.4, -0.2) is 73.3 Å². The monoisotopic (exact) mass is 479 g/mol. The minimum absolute atomic E-state index is 0.340. The lowest BCUT2D eigenvalue weighted by Gasteiger charge is -2.22. The number of fused-ring (bicyclic) bond motifs is 1. The van der Waals surface area contributed by atoms with Crippen LogP contribution in [0, 0.1) is 0 Å². The number of nitrogens with zero attached hydrogens (tertiary/aromatic N) is 4. The number of rotatable bonds is 5. The summed E-state index contributed by atoms with van der Waals surface area (Å²) in [6, 6.07) is 0. The molecule has 1 saturated heterocycles. The van der Waals surface area contributed by atoms with Crippen LogP contribution < -0.4 is 16.2 Å². The molecule has 1 aliphatic rings. The van der Waals surface area contributed by atoms with Crippen molar-refractivity contribution in [2.75, 3.05) is 12.8 Å². The van der Waals surface area contributed by atoms with Crippen molar-refractivity contribution in [3.8, 4) is 5.88 Å². The highest BCUT2D eigenvalue weighted by atomic mass is 19.4. The topological polar surface area (TPSA) is 138 Å². The molecule has 0 aromatic carbocycles. The molecule has 1 aliphatic heterocycles. The van der Waals surface area contributed by atoms with Gasteiger partial charge in [0.15, 0.2) is 29.7 Å². The van der Waals surface area contributed by atoms with Crippen LogP contribution in [0.3, 0.4) is 0 Å². The number of imidazole rings is 1. The van der Waals surface area contributed by atoms with E-state index in [0.717, 1.165) is 7.11 Å². The van der Waals surface area contributed by atoms with Crippen molar-refractivity contribution >= 4 is 17.1 Å². The molecule has 1 unspecified atom stereocenters. The van der Waals surface area contributed by atoms with Crippen molar-refractivity contribution in [3.63, 3.8) is 0 Å². The van der Waals surface area contributed by atoms with Gasteiger partial charge in [-0.2, -0.15) is 36.3 Å². The van der Waals surface area contributed by atoms with Gasteiger partial charge in [0, 0.05) is 6.54 Å². The third kappa shape index (κ3) is 4.18. The summed E-state index contributed by atoms with van der Waals surface area (Å²) in [5.74, 6) is -1.01. The predicted molar refractivity (Wildman–Crippen MR) is 90.3 cm³/mol. The number of aliphatic hydroxyl groups is 2. The molecular formula is C15H16F7N5O5. The summed E-state index contributed by atoms with van der Waals surface area (Å²) >= 11 is 0. The summed E-state index contributed by atoms with van der Waals surface area (Å²) in [4.78, 5) is 20.2. The molecule has 0 bridgehead atoms. The number of aryl methyl sites for hydroxylation is 1. The molecule has 5 atom stereocenters. The van der Waals surface area contributed by atoms with Gasteiger partial charge in [-0.1, -0.05) is 0 Å². The number of nitrogen functional groups attached to an aromatic ring is 1. The summed E-state index contributed by atoms with van der Waals surface area (Å²) in [7, 11) is 1.05. The van der Waals surface area contributed by atoms with Crippen LogP contribution in [0.25, 0.3) is 11.2 Å². The quantitative estimate of drug-likeness (QED) is 0.532. The smallest absolute Gasteiger partial charge is 0.417 e. The Morgan fingerprint density at radius 1 is 1.25 bits per heavy atom. The molecule has 180 valence electrons. The van der Waals surface area contributed by atoms with Crippen LogP contribution in [0.15, 0.2) is 4.79 Å². The molecule has 10 nitrogen and oxygen atoms in total. The van der Waals surface area contributed by atoms with E-state index in [1.54, 1.807) is 0 Å². The average Bonchev–Trinajstić information content (AvgIpc) is 3.11. The number of halogens is 7. The van der Waals surface area contributed by atoms with Gasteiger partial charge >= 0.3 is 18.0 Å². The Morgan fingerprint density at radius 3 is 2.41 bits per heavy atom. The normalized spacial score (nSPS) is 25.4. The largest absolute Gasteiger partial charge is 0.479 e. The van der Waals surface area contributed by atoms with Crippen LogP contribution in [0.1, 0.15) is 12.6 Å². The summed E-state index contributed by atoms with van der Waals surface area (Å²) in [5.41, 5.74) is 3.12. The molecule has 2 aromatic rings. The molecule has 4 N–H and O–H groups in total. The van der Waals surface area contributed by atoms with Gasteiger partial charge in [0.1, 0.15) is 12.2 Å². The molecule has 0 radical (unpaired) electrons. The van der Waals surface area contributed by atoms with Gasteiger partial charge in [-0.25, -0.2) is 13.8 Å². The Labute approximate surface area is 173 Å². The van der Waals surface area contributed by atoms with Crippen LogP contribution in [-0.2, 0) is 11.3 Å². The zero-order chi connectivity index (χ0) is 24.2. The van der Waals surface area contributed by atoms with Gasteiger partial charge in [-0.15, -0.1) is 0 Å². The molecule has 2 aromatic heterocycles. The zero-order valence-corrected chi connectivity index (χ0v) is 15.9. The lowest BCUT2D eigenvalue weighted by Crippen LogP contribution is -2.44. The van der Waals surface area contributed by atoms with Gasteiger partial charge < -0.3 is 25.4 Å². The summed E-state index contributed by atoms with van der Waals surface area (Å²) in [6.45, 7) is -0.994. The first kappa shape index (κ1) is 24.0. The highest BCUT2D eigenvalue weighted by Gasteiger charge is 2.56. The Kier molecular flexibility index (Phi) is 6.03. The fourth-order valence-corrected chi connectivity index (χ4v) is 3.29. The number of methoxy groups -OCH3 is 1. The lowest BCUT2D eigenvalue weighted by molar-refractivity contribution is -0.241. The second kappa shape index (κ2) is 8.04. The van der Waals surface area contributed by atoms with E-state index in [1.165, 1.54) is 0 Å². The molecule has 32 heavy (non-hydrogen) atoms. The minimum atomic E-state index is -5.33.